The van der Waals surface area contributed by atoms with Crippen molar-refractivity contribution in [2.24, 2.45) is 0 Å². The fraction of sp³-hybridized carbons (Fsp3) is 0.333. The van der Waals surface area contributed by atoms with Crippen LogP contribution in [0.1, 0.15) is 31.7 Å². The molecule has 0 saturated carbocycles. The summed E-state index contributed by atoms with van der Waals surface area (Å²) in [6.45, 7) is 4.52. The number of hydrogen-bond donors (Lipinski definition) is 1. The Morgan fingerprint density at radius 3 is 2.56 bits per heavy atom. The zero-order valence-electron chi connectivity index (χ0n) is 18.6. The van der Waals surface area contributed by atoms with Crippen LogP contribution in [0, 0.1) is 0 Å². The van der Waals surface area contributed by atoms with Gasteiger partial charge in [-0.3, -0.25) is 9.59 Å². The third-order valence-electron chi connectivity index (χ3n) is 4.92. The molecule has 0 radical (unpaired) electrons. The normalized spacial score (nSPS) is 10.6. The maximum Gasteiger partial charge on any atom is 0.243 e. The van der Waals surface area contributed by atoms with E-state index in [-0.39, 0.29) is 24.8 Å². The minimum absolute atomic E-state index is 0.0296. The SMILES string of the molecule is CCOc1ccc(-c2noc(CCC(=O)N(C)CC(=O)Nc3ccccc3CC)n2)cc1. The van der Waals surface area contributed by atoms with Crippen LogP contribution < -0.4 is 10.1 Å². The summed E-state index contributed by atoms with van der Waals surface area (Å²) in [6.07, 6.45) is 1.28. The number of anilines is 1. The van der Waals surface area contributed by atoms with Crippen molar-refractivity contribution in [1.29, 1.82) is 0 Å². The van der Waals surface area contributed by atoms with Gasteiger partial charge in [0.05, 0.1) is 13.2 Å². The molecule has 1 aromatic heterocycles. The topological polar surface area (TPSA) is 97.6 Å². The number of benzene rings is 2. The highest BCUT2D eigenvalue weighted by Gasteiger charge is 2.16. The summed E-state index contributed by atoms with van der Waals surface area (Å²) in [5.41, 5.74) is 2.62. The summed E-state index contributed by atoms with van der Waals surface area (Å²) < 4.78 is 10.7. The van der Waals surface area contributed by atoms with Gasteiger partial charge in [0.1, 0.15) is 5.75 Å². The highest BCUT2D eigenvalue weighted by molar-refractivity contribution is 5.95. The molecule has 0 bridgehead atoms. The highest BCUT2D eigenvalue weighted by atomic mass is 16.5. The molecule has 0 aliphatic rings. The molecule has 3 rings (SSSR count). The maximum absolute atomic E-state index is 12.4. The number of aryl methyl sites for hydroxylation is 2. The molecule has 0 unspecified atom stereocenters. The Kier molecular flexibility index (Phi) is 7.96. The lowest BCUT2D eigenvalue weighted by Gasteiger charge is -2.17. The van der Waals surface area contributed by atoms with E-state index in [9.17, 15) is 9.59 Å². The van der Waals surface area contributed by atoms with Crippen molar-refractivity contribution in [1.82, 2.24) is 15.0 Å². The van der Waals surface area contributed by atoms with Gasteiger partial charge < -0.3 is 19.5 Å². The molecule has 0 fully saturated rings. The van der Waals surface area contributed by atoms with E-state index in [0.29, 0.717) is 24.7 Å². The standard InChI is InChI=1S/C24H28N4O4/c1-4-17-8-6-7-9-20(17)25-21(29)16-28(3)23(30)15-14-22-26-24(27-32-22)18-10-12-19(13-11-18)31-5-2/h6-13H,4-5,14-16H2,1-3H3,(H,25,29). The van der Waals surface area contributed by atoms with Crippen molar-refractivity contribution in [2.75, 3.05) is 25.5 Å². The van der Waals surface area contributed by atoms with Crippen LogP contribution in [0.15, 0.2) is 53.1 Å². The number of carbonyl (C=O) groups excluding carboxylic acids is 2. The molecular formula is C24H28N4O4. The van der Waals surface area contributed by atoms with Crippen molar-refractivity contribution >= 4 is 17.5 Å². The predicted molar refractivity (Wildman–Crippen MR) is 121 cm³/mol. The highest BCUT2D eigenvalue weighted by Crippen LogP contribution is 2.20. The number of amides is 2. The van der Waals surface area contributed by atoms with Gasteiger partial charge in [0, 0.05) is 31.1 Å². The van der Waals surface area contributed by atoms with E-state index in [1.807, 2.05) is 62.4 Å². The lowest BCUT2D eigenvalue weighted by molar-refractivity contribution is -0.133. The van der Waals surface area contributed by atoms with E-state index in [2.05, 4.69) is 15.5 Å². The average molecular weight is 437 g/mol. The molecule has 0 aliphatic carbocycles. The number of likely N-dealkylation sites (N-methyl/N-ethyl adjacent to an activating group) is 1. The quantitative estimate of drug-likeness (QED) is 0.520. The summed E-state index contributed by atoms with van der Waals surface area (Å²) >= 11 is 0. The van der Waals surface area contributed by atoms with Crippen molar-refractivity contribution in [3.63, 3.8) is 0 Å². The third-order valence-corrected chi connectivity index (χ3v) is 4.92. The van der Waals surface area contributed by atoms with Crippen LogP contribution in [0.4, 0.5) is 5.69 Å². The summed E-state index contributed by atoms with van der Waals surface area (Å²) in [7, 11) is 1.60. The number of rotatable bonds is 10. The van der Waals surface area contributed by atoms with Gasteiger partial charge >= 0.3 is 0 Å². The van der Waals surface area contributed by atoms with Crippen LogP contribution in [0.5, 0.6) is 5.75 Å². The number of para-hydroxylation sites is 1. The fourth-order valence-electron chi connectivity index (χ4n) is 3.19. The van der Waals surface area contributed by atoms with Crippen LogP contribution in [-0.2, 0) is 22.4 Å². The molecule has 8 heteroatoms. The van der Waals surface area contributed by atoms with Gasteiger partial charge in [0.15, 0.2) is 0 Å². The number of carbonyl (C=O) groups is 2. The molecule has 0 atom stereocenters. The second kappa shape index (κ2) is 11.1. The van der Waals surface area contributed by atoms with Crippen LogP contribution in [-0.4, -0.2) is 47.1 Å². The van der Waals surface area contributed by atoms with Crippen molar-refractivity contribution < 1.29 is 18.8 Å². The first-order chi connectivity index (χ1) is 15.5. The minimum atomic E-state index is -0.239. The molecule has 0 spiro atoms. The Balaban J connectivity index is 1.49. The molecule has 0 aliphatic heterocycles. The van der Waals surface area contributed by atoms with Gasteiger partial charge in [-0.05, 0) is 49.2 Å². The number of aromatic nitrogens is 2. The lowest BCUT2D eigenvalue weighted by atomic mass is 10.1. The Labute approximate surface area is 187 Å². The average Bonchev–Trinajstić information content (AvgIpc) is 3.27. The first-order valence-electron chi connectivity index (χ1n) is 10.7. The molecule has 0 saturated heterocycles. The van der Waals surface area contributed by atoms with E-state index >= 15 is 0 Å². The number of nitrogens with zero attached hydrogens (tertiary/aromatic N) is 3. The number of hydrogen-bond acceptors (Lipinski definition) is 6. The van der Waals surface area contributed by atoms with Gasteiger partial charge in [-0.15, -0.1) is 0 Å². The summed E-state index contributed by atoms with van der Waals surface area (Å²) in [5.74, 6) is 1.19. The summed E-state index contributed by atoms with van der Waals surface area (Å²) in [4.78, 5) is 30.5. The minimum Gasteiger partial charge on any atom is -0.494 e. The first-order valence-corrected chi connectivity index (χ1v) is 10.7. The monoisotopic (exact) mass is 436 g/mol. The van der Waals surface area contributed by atoms with E-state index in [4.69, 9.17) is 9.26 Å². The Bertz CT molecular complexity index is 1050. The van der Waals surface area contributed by atoms with Crippen molar-refractivity contribution in [3.05, 3.63) is 60.0 Å². The molecule has 3 aromatic rings. The summed E-state index contributed by atoms with van der Waals surface area (Å²) in [5, 5.41) is 6.85. The van der Waals surface area contributed by atoms with Gasteiger partial charge in [0.2, 0.25) is 23.5 Å². The second-order valence-electron chi connectivity index (χ2n) is 7.28. The Morgan fingerprint density at radius 2 is 1.84 bits per heavy atom. The molecule has 32 heavy (non-hydrogen) atoms. The van der Waals surface area contributed by atoms with Crippen LogP contribution >= 0.6 is 0 Å². The van der Waals surface area contributed by atoms with E-state index in [0.717, 1.165) is 29.0 Å². The van der Waals surface area contributed by atoms with Gasteiger partial charge in [-0.1, -0.05) is 30.3 Å². The van der Waals surface area contributed by atoms with Gasteiger partial charge in [0.25, 0.3) is 0 Å². The fourth-order valence-corrected chi connectivity index (χ4v) is 3.19. The largest absolute Gasteiger partial charge is 0.494 e. The molecule has 8 nitrogen and oxygen atoms in total. The van der Waals surface area contributed by atoms with Crippen molar-refractivity contribution in [2.45, 2.75) is 33.1 Å². The van der Waals surface area contributed by atoms with E-state index in [1.54, 1.807) is 7.05 Å². The Hall–Kier alpha value is -3.68. The second-order valence-corrected chi connectivity index (χ2v) is 7.28. The molecule has 168 valence electrons. The zero-order valence-corrected chi connectivity index (χ0v) is 18.6. The van der Waals surface area contributed by atoms with E-state index < -0.39 is 0 Å². The lowest BCUT2D eigenvalue weighted by Crippen LogP contribution is -2.35. The number of ether oxygens (including phenoxy) is 1. The van der Waals surface area contributed by atoms with Gasteiger partial charge in [-0.2, -0.15) is 4.98 Å². The number of nitrogens with one attached hydrogen (secondary N) is 1. The molecule has 1 N–H and O–H groups in total. The van der Waals surface area contributed by atoms with Crippen LogP contribution in [0.2, 0.25) is 0 Å². The molecule has 2 aromatic carbocycles. The zero-order chi connectivity index (χ0) is 22.9. The van der Waals surface area contributed by atoms with Crippen LogP contribution in [0.3, 0.4) is 0 Å². The maximum atomic E-state index is 12.4. The third kappa shape index (κ3) is 6.16. The molecular weight excluding hydrogens is 408 g/mol. The van der Waals surface area contributed by atoms with Crippen LogP contribution in [0.25, 0.3) is 11.4 Å². The summed E-state index contributed by atoms with van der Waals surface area (Å²) in [6, 6.07) is 15.0. The molecule has 2 amide bonds. The van der Waals surface area contributed by atoms with Gasteiger partial charge in [-0.25, -0.2) is 0 Å². The molecule has 1 heterocycles. The smallest absolute Gasteiger partial charge is 0.243 e. The Morgan fingerprint density at radius 1 is 1.09 bits per heavy atom. The first kappa shape index (κ1) is 23.0. The predicted octanol–water partition coefficient (Wildman–Crippen LogP) is 3.73. The van der Waals surface area contributed by atoms with Crippen molar-refractivity contribution in [3.8, 4) is 17.1 Å². The van der Waals surface area contributed by atoms with E-state index in [1.165, 1.54) is 4.90 Å².